The number of amides is 1. The number of fused-ring (bicyclic) bond motifs is 1. The molecule has 0 saturated heterocycles. The number of rotatable bonds is 3. The summed E-state index contributed by atoms with van der Waals surface area (Å²) in [7, 11) is 1.66. The molecule has 1 amide bonds. The van der Waals surface area contributed by atoms with E-state index in [9.17, 15) is 4.79 Å². The van der Waals surface area contributed by atoms with Crippen LogP contribution in [0.25, 0.3) is 10.9 Å². The van der Waals surface area contributed by atoms with Gasteiger partial charge in [-0.1, -0.05) is 24.3 Å². The van der Waals surface area contributed by atoms with E-state index in [4.69, 9.17) is 0 Å². The van der Waals surface area contributed by atoms with Crippen LogP contribution in [0, 0.1) is 0 Å². The van der Waals surface area contributed by atoms with Crippen molar-refractivity contribution in [2.24, 2.45) is 0 Å². The first-order valence-electron chi connectivity index (χ1n) is 6.64. The number of nitrogens with one attached hydrogen (secondary N) is 2. The third-order valence-electron chi connectivity index (χ3n) is 3.50. The highest BCUT2D eigenvalue weighted by Crippen LogP contribution is 2.19. The summed E-state index contributed by atoms with van der Waals surface area (Å²) in [5.74, 6) is -0.0386. The van der Waals surface area contributed by atoms with E-state index in [0.717, 1.165) is 23.1 Å². The Balaban J connectivity index is 1.96. The van der Waals surface area contributed by atoms with Gasteiger partial charge >= 0.3 is 0 Å². The van der Waals surface area contributed by atoms with Crippen LogP contribution in [0.4, 0.5) is 0 Å². The van der Waals surface area contributed by atoms with E-state index in [1.54, 1.807) is 7.05 Å². The highest BCUT2D eigenvalue weighted by Gasteiger charge is 2.09. The Morgan fingerprint density at radius 2 is 2.00 bits per heavy atom. The van der Waals surface area contributed by atoms with Crippen LogP contribution < -0.4 is 5.32 Å². The molecular weight excluding hydrogens is 248 g/mol. The summed E-state index contributed by atoms with van der Waals surface area (Å²) in [5, 5.41) is 3.88. The summed E-state index contributed by atoms with van der Waals surface area (Å²) in [6, 6.07) is 16.1. The zero-order valence-electron chi connectivity index (χ0n) is 11.3. The molecule has 0 fully saturated rings. The molecule has 3 rings (SSSR count). The van der Waals surface area contributed by atoms with E-state index in [1.807, 2.05) is 30.5 Å². The lowest BCUT2D eigenvalue weighted by atomic mass is 9.98. The largest absolute Gasteiger partial charge is 0.361 e. The quantitative estimate of drug-likeness (QED) is 0.750. The van der Waals surface area contributed by atoms with Crippen LogP contribution in [0.15, 0.2) is 54.7 Å². The van der Waals surface area contributed by atoms with Crippen LogP contribution in [0.3, 0.4) is 0 Å². The first kappa shape index (κ1) is 12.5. The molecule has 3 heteroatoms. The van der Waals surface area contributed by atoms with Gasteiger partial charge in [0.2, 0.25) is 0 Å². The number of aromatic amines is 1. The molecule has 2 N–H and O–H groups in total. The Kier molecular flexibility index (Phi) is 3.25. The lowest BCUT2D eigenvalue weighted by Crippen LogP contribution is -2.19. The second-order valence-corrected chi connectivity index (χ2v) is 4.81. The molecule has 0 bridgehead atoms. The summed E-state index contributed by atoms with van der Waals surface area (Å²) in [6.45, 7) is 0. The monoisotopic (exact) mass is 264 g/mol. The zero-order valence-corrected chi connectivity index (χ0v) is 11.3. The van der Waals surface area contributed by atoms with E-state index in [2.05, 4.69) is 34.6 Å². The van der Waals surface area contributed by atoms with Crippen LogP contribution in [0.1, 0.15) is 21.5 Å². The van der Waals surface area contributed by atoms with Gasteiger partial charge in [0.25, 0.3) is 5.91 Å². The number of carbonyl (C=O) groups excluding carboxylic acids is 1. The predicted octanol–water partition coefficient (Wildman–Crippen LogP) is 3.12. The van der Waals surface area contributed by atoms with Crippen LogP contribution in [-0.2, 0) is 6.42 Å². The van der Waals surface area contributed by atoms with Gasteiger partial charge in [-0.25, -0.2) is 0 Å². The van der Waals surface area contributed by atoms with Gasteiger partial charge in [-0.3, -0.25) is 4.79 Å². The summed E-state index contributed by atoms with van der Waals surface area (Å²) in [5.41, 5.74) is 4.12. The third kappa shape index (κ3) is 2.30. The van der Waals surface area contributed by atoms with Crippen LogP contribution in [-0.4, -0.2) is 17.9 Å². The Labute approximate surface area is 117 Å². The molecule has 0 aliphatic carbocycles. The molecule has 0 saturated carbocycles. The minimum Gasteiger partial charge on any atom is -0.361 e. The minimum absolute atomic E-state index is 0.0386. The van der Waals surface area contributed by atoms with Crippen LogP contribution >= 0.6 is 0 Å². The van der Waals surface area contributed by atoms with E-state index < -0.39 is 0 Å². The Morgan fingerprint density at radius 1 is 1.15 bits per heavy atom. The van der Waals surface area contributed by atoms with Crippen molar-refractivity contribution in [3.8, 4) is 0 Å². The first-order chi connectivity index (χ1) is 9.78. The van der Waals surface area contributed by atoms with Crippen molar-refractivity contribution < 1.29 is 4.79 Å². The van der Waals surface area contributed by atoms with Gasteiger partial charge in [0.05, 0.1) is 0 Å². The lowest BCUT2D eigenvalue weighted by molar-refractivity contribution is 0.0962. The topological polar surface area (TPSA) is 44.9 Å². The van der Waals surface area contributed by atoms with E-state index in [0.29, 0.717) is 0 Å². The molecule has 0 atom stereocenters. The third-order valence-corrected chi connectivity index (χ3v) is 3.50. The van der Waals surface area contributed by atoms with Gasteiger partial charge < -0.3 is 10.3 Å². The van der Waals surface area contributed by atoms with E-state index >= 15 is 0 Å². The fourth-order valence-electron chi connectivity index (χ4n) is 2.46. The fraction of sp³-hybridized carbons (Fsp3) is 0.118. The van der Waals surface area contributed by atoms with Crippen molar-refractivity contribution in [3.05, 3.63) is 71.4 Å². The zero-order chi connectivity index (χ0) is 13.9. The Morgan fingerprint density at radius 3 is 2.85 bits per heavy atom. The molecule has 0 aliphatic heterocycles. The molecule has 1 heterocycles. The van der Waals surface area contributed by atoms with Crippen molar-refractivity contribution in [1.82, 2.24) is 10.3 Å². The smallest absolute Gasteiger partial charge is 0.251 e. The molecule has 0 spiro atoms. The van der Waals surface area contributed by atoms with Gasteiger partial charge in [-0.15, -0.1) is 0 Å². The van der Waals surface area contributed by atoms with Crippen molar-refractivity contribution >= 4 is 16.8 Å². The van der Waals surface area contributed by atoms with Crippen molar-refractivity contribution in [2.45, 2.75) is 6.42 Å². The number of aromatic nitrogens is 1. The van der Waals surface area contributed by atoms with Gasteiger partial charge in [0, 0.05) is 24.3 Å². The summed E-state index contributed by atoms with van der Waals surface area (Å²) < 4.78 is 0. The Bertz CT molecular complexity index is 758. The maximum Gasteiger partial charge on any atom is 0.251 e. The first-order valence-corrected chi connectivity index (χ1v) is 6.64. The summed E-state index contributed by atoms with van der Waals surface area (Å²) >= 11 is 0. The number of H-pyrrole nitrogens is 1. The molecule has 20 heavy (non-hydrogen) atoms. The maximum absolute atomic E-state index is 11.9. The predicted molar refractivity (Wildman–Crippen MR) is 80.9 cm³/mol. The molecule has 3 aromatic rings. The summed E-state index contributed by atoms with van der Waals surface area (Å²) in [6.07, 6.45) is 2.69. The lowest BCUT2D eigenvalue weighted by Gasteiger charge is -2.08. The van der Waals surface area contributed by atoms with E-state index in [-0.39, 0.29) is 5.91 Å². The molecule has 0 radical (unpaired) electrons. The number of carbonyl (C=O) groups is 1. The highest BCUT2D eigenvalue weighted by atomic mass is 16.1. The number of hydrogen-bond acceptors (Lipinski definition) is 1. The van der Waals surface area contributed by atoms with Gasteiger partial charge in [-0.2, -0.15) is 0 Å². The number of hydrogen-bond donors (Lipinski definition) is 2. The molecular formula is C17H16N2O. The molecule has 2 aromatic carbocycles. The average Bonchev–Trinajstić information content (AvgIpc) is 2.94. The van der Waals surface area contributed by atoms with Crippen LogP contribution in [0.5, 0.6) is 0 Å². The Hall–Kier alpha value is -2.55. The number of benzene rings is 2. The molecule has 100 valence electrons. The fourth-order valence-corrected chi connectivity index (χ4v) is 2.46. The SMILES string of the molecule is CNC(=O)c1ccccc1Cc1ccc2[nH]ccc2c1. The van der Waals surface area contributed by atoms with Gasteiger partial charge in [-0.05, 0) is 47.2 Å². The highest BCUT2D eigenvalue weighted by molar-refractivity contribution is 5.95. The van der Waals surface area contributed by atoms with Crippen molar-refractivity contribution in [1.29, 1.82) is 0 Å². The molecule has 0 aliphatic rings. The molecule has 0 unspecified atom stereocenters. The second kappa shape index (κ2) is 5.21. The van der Waals surface area contributed by atoms with Gasteiger partial charge in [0.1, 0.15) is 0 Å². The summed E-state index contributed by atoms with van der Waals surface area (Å²) in [4.78, 5) is 15.1. The standard InChI is InChI=1S/C17H16N2O/c1-18-17(20)15-5-3-2-4-13(15)10-12-6-7-16-14(11-12)8-9-19-16/h2-9,11,19H,10H2,1H3,(H,18,20). The van der Waals surface area contributed by atoms with Crippen LogP contribution in [0.2, 0.25) is 0 Å². The van der Waals surface area contributed by atoms with Crippen molar-refractivity contribution in [3.63, 3.8) is 0 Å². The second-order valence-electron chi connectivity index (χ2n) is 4.81. The van der Waals surface area contributed by atoms with Crippen molar-refractivity contribution in [2.75, 3.05) is 7.05 Å². The molecule has 3 nitrogen and oxygen atoms in total. The average molecular weight is 264 g/mol. The normalized spacial score (nSPS) is 10.7. The van der Waals surface area contributed by atoms with Gasteiger partial charge in [0.15, 0.2) is 0 Å². The maximum atomic E-state index is 11.9. The minimum atomic E-state index is -0.0386. The van der Waals surface area contributed by atoms with E-state index in [1.165, 1.54) is 10.9 Å². The molecule has 1 aromatic heterocycles.